The van der Waals surface area contributed by atoms with Crippen molar-refractivity contribution in [1.82, 2.24) is 4.90 Å². The molecular weight excluding hydrogens is 330 g/mol. The van der Waals surface area contributed by atoms with Gasteiger partial charge in [-0.1, -0.05) is 36.4 Å². The van der Waals surface area contributed by atoms with E-state index >= 15 is 0 Å². The second-order valence-electron chi connectivity index (χ2n) is 6.94. The van der Waals surface area contributed by atoms with Gasteiger partial charge >= 0.3 is 0 Å². The molecule has 1 fully saturated rings. The van der Waals surface area contributed by atoms with Gasteiger partial charge in [-0.2, -0.15) is 0 Å². The van der Waals surface area contributed by atoms with E-state index in [-0.39, 0.29) is 18.3 Å². The lowest BCUT2D eigenvalue weighted by atomic mass is 9.81. The number of hydrogen-bond acceptors (Lipinski definition) is 5. The number of hydrogen-bond donors (Lipinski definition) is 1. The van der Waals surface area contributed by atoms with E-state index in [0.29, 0.717) is 19.4 Å². The molecule has 0 saturated carbocycles. The summed E-state index contributed by atoms with van der Waals surface area (Å²) in [4.78, 5) is 13.1. The molecule has 2 heterocycles. The molecule has 26 heavy (non-hydrogen) atoms. The van der Waals surface area contributed by atoms with Crippen molar-refractivity contribution in [2.75, 3.05) is 13.1 Å². The first-order chi connectivity index (χ1) is 12.5. The third kappa shape index (κ3) is 3.18. The summed E-state index contributed by atoms with van der Waals surface area (Å²) in [5, 5.41) is 20.8. The minimum absolute atomic E-state index is 0.123. The number of aliphatic carboxylic acids is 1. The van der Waals surface area contributed by atoms with Gasteiger partial charge in [0.05, 0.1) is 5.97 Å². The van der Waals surface area contributed by atoms with Crippen LogP contribution in [0.4, 0.5) is 0 Å². The molecule has 5 nitrogen and oxygen atoms in total. The molecule has 5 heteroatoms. The van der Waals surface area contributed by atoms with Crippen LogP contribution in [0.5, 0.6) is 11.5 Å². The molecule has 0 aliphatic carbocycles. The highest BCUT2D eigenvalue weighted by atomic mass is 16.5. The average Bonchev–Trinajstić information content (AvgIpc) is 2.64. The lowest BCUT2D eigenvalue weighted by Crippen LogP contribution is -2.51. The van der Waals surface area contributed by atoms with Crippen molar-refractivity contribution in [3.8, 4) is 11.5 Å². The Balaban J connectivity index is 1.65. The molecule has 134 valence electrons. The zero-order chi connectivity index (χ0) is 18.1. The van der Waals surface area contributed by atoms with Gasteiger partial charge in [-0.3, -0.25) is 4.90 Å². The van der Waals surface area contributed by atoms with Crippen molar-refractivity contribution in [1.29, 1.82) is 0 Å². The van der Waals surface area contributed by atoms with Crippen molar-refractivity contribution in [3.63, 3.8) is 0 Å². The van der Waals surface area contributed by atoms with Gasteiger partial charge in [0.2, 0.25) is 0 Å². The first-order valence-electron chi connectivity index (χ1n) is 8.75. The number of phenols is 1. The van der Waals surface area contributed by atoms with Crippen LogP contribution in [0, 0.1) is 0 Å². The van der Waals surface area contributed by atoms with Crippen molar-refractivity contribution < 1.29 is 19.7 Å². The van der Waals surface area contributed by atoms with E-state index in [1.165, 1.54) is 0 Å². The predicted octanol–water partition coefficient (Wildman–Crippen LogP) is 2.12. The molecule has 0 amide bonds. The fraction of sp³-hybridized carbons (Fsp3) is 0.286. The molecule has 1 spiro atoms. The predicted molar refractivity (Wildman–Crippen MR) is 95.5 cm³/mol. The molecule has 2 aliphatic heterocycles. The van der Waals surface area contributed by atoms with E-state index < -0.39 is 11.6 Å². The molecule has 2 atom stereocenters. The summed E-state index contributed by atoms with van der Waals surface area (Å²) in [5.41, 5.74) is 1.55. The first kappa shape index (κ1) is 16.7. The summed E-state index contributed by atoms with van der Waals surface area (Å²) in [5.74, 6) is -0.0450. The van der Waals surface area contributed by atoms with Crippen LogP contribution in [0.1, 0.15) is 30.0 Å². The van der Waals surface area contributed by atoms with Crippen LogP contribution >= 0.6 is 0 Å². The Labute approximate surface area is 152 Å². The van der Waals surface area contributed by atoms with Gasteiger partial charge in [-0.15, -0.1) is 0 Å². The highest BCUT2D eigenvalue weighted by molar-refractivity contribution is 5.67. The third-order valence-corrected chi connectivity index (χ3v) is 5.21. The summed E-state index contributed by atoms with van der Waals surface area (Å²) < 4.78 is 6.36. The van der Waals surface area contributed by atoms with Crippen LogP contribution in [-0.2, 0) is 4.79 Å². The van der Waals surface area contributed by atoms with E-state index in [1.807, 2.05) is 41.3 Å². The Bertz CT molecular complexity index is 845. The summed E-state index contributed by atoms with van der Waals surface area (Å²) >= 11 is 0. The Morgan fingerprint density at radius 2 is 2.00 bits per heavy atom. The van der Waals surface area contributed by atoms with Crippen molar-refractivity contribution in [2.45, 2.75) is 24.5 Å². The number of para-hydroxylation sites is 1. The van der Waals surface area contributed by atoms with Crippen LogP contribution in [0.25, 0.3) is 6.08 Å². The summed E-state index contributed by atoms with van der Waals surface area (Å²) in [6.07, 6.45) is 5.52. The second-order valence-corrected chi connectivity index (χ2v) is 6.94. The maximum atomic E-state index is 11.2. The lowest BCUT2D eigenvalue weighted by molar-refractivity contribution is -0.307. The van der Waals surface area contributed by atoms with Gasteiger partial charge in [0.15, 0.2) is 0 Å². The standard InChI is InChI=1S/C21H21NO4/c23-17-7-5-15(6-8-17)18-13-21(11-12-22(18)14-20(24)25)10-9-16-3-1-2-4-19(16)26-21/h1-10,18,23H,11-14H2,(H,24,25)/p-1. The van der Waals surface area contributed by atoms with Crippen LogP contribution in [0.3, 0.4) is 0 Å². The number of likely N-dealkylation sites (tertiary alicyclic amines) is 1. The van der Waals surface area contributed by atoms with Gasteiger partial charge in [-0.05, 0) is 29.8 Å². The number of aromatic hydroxyl groups is 1. The third-order valence-electron chi connectivity index (χ3n) is 5.21. The summed E-state index contributed by atoms with van der Waals surface area (Å²) in [6.45, 7) is 0.466. The molecule has 2 unspecified atom stereocenters. The van der Waals surface area contributed by atoms with Crippen molar-refractivity contribution in [2.24, 2.45) is 0 Å². The van der Waals surface area contributed by atoms with Gasteiger partial charge in [0, 0.05) is 37.5 Å². The molecule has 4 rings (SSSR count). The number of carbonyl (C=O) groups is 1. The molecule has 2 aromatic carbocycles. The molecule has 1 saturated heterocycles. The Hall–Kier alpha value is -2.79. The molecule has 0 radical (unpaired) electrons. The van der Waals surface area contributed by atoms with Gasteiger partial charge in [0.25, 0.3) is 0 Å². The quantitative estimate of drug-likeness (QED) is 0.918. The highest BCUT2D eigenvalue weighted by Crippen LogP contribution is 2.43. The van der Waals surface area contributed by atoms with E-state index in [4.69, 9.17) is 4.74 Å². The zero-order valence-electron chi connectivity index (χ0n) is 14.3. The molecule has 0 aromatic heterocycles. The number of carboxylic acid groups (broad SMARTS) is 1. The maximum Gasteiger partial charge on any atom is 0.130 e. The monoisotopic (exact) mass is 350 g/mol. The SMILES string of the molecule is O=C([O-])CN1CCC2(C=Cc3ccccc3O2)CC1c1ccc(O)cc1. The normalized spacial score (nSPS) is 24.8. The van der Waals surface area contributed by atoms with Gasteiger partial charge in [0.1, 0.15) is 17.1 Å². The van der Waals surface area contributed by atoms with E-state index in [0.717, 1.165) is 16.9 Å². The van der Waals surface area contributed by atoms with Crippen LogP contribution in [0.15, 0.2) is 54.6 Å². The van der Waals surface area contributed by atoms with Crippen molar-refractivity contribution in [3.05, 3.63) is 65.7 Å². The molecular formula is C21H20NO4-. The van der Waals surface area contributed by atoms with E-state index in [2.05, 4.69) is 12.2 Å². The smallest absolute Gasteiger partial charge is 0.130 e. The topological polar surface area (TPSA) is 72.8 Å². The molecule has 2 aromatic rings. The van der Waals surface area contributed by atoms with Crippen LogP contribution < -0.4 is 9.84 Å². The summed E-state index contributed by atoms with van der Waals surface area (Å²) in [6, 6.07) is 14.7. The number of carbonyl (C=O) groups excluding carboxylic acids is 1. The second kappa shape index (κ2) is 6.50. The Morgan fingerprint density at radius 1 is 1.23 bits per heavy atom. The highest BCUT2D eigenvalue weighted by Gasteiger charge is 2.42. The lowest BCUT2D eigenvalue weighted by Gasteiger charge is -2.46. The fourth-order valence-corrected chi connectivity index (χ4v) is 3.88. The number of piperidine rings is 1. The molecule has 1 N–H and O–H groups in total. The number of phenolic OH excluding ortho intramolecular Hbond substituents is 1. The van der Waals surface area contributed by atoms with E-state index in [9.17, 15) is 15.0 Å². The number of benzene rings is 2. The van der Waals surface area contributed by atoms with Crippen molar-refractivity contribution >= 4 is 12.0 Å². The van der Waals surface area contributed by atoms with Crippen LogP contribution in [-0.4, -0.2) is 34.7 Å². The first-order valence-corrected chi connectivity index (χ1v) is 8.75. The zero-order valence-corrected chi connectivity index (χ0v) is 14.3. The van der Waals surface area contributed by atoms with E-state index in [1.54, 1.807) is 12.1 Å². The average molecular weight is 350 g/mol. The van der Waals surface area contributed by atoms with Crippen LogP contribution in [0.2, 0.25) is 0 Å². The molecule has 0 bridgehead atoms. The van der Waals surface area contributed by atoms with Gasteiger partial charge in [-0.25, -0.2) is 0 Å². The van der Waals surface area contributed by atoms with Gasteiger partial charge < -0.3 is 19.7 Å². The Morgan fingerprint density at radius 3 is 2.77 bits per heavy atom. The number of fused-ring (bicyclic) bond motifs is 1. The Kier molecular flexibility index (Phi) is 4.17. The number of rotatable bonds is 3. The number of nitrogens with zero attached hydrogens (tertiary/aromatic N) is 1. The fourth-order valence-electron chi connectivity index (χ4n) is 3.88. The molecule has 2 aliphatic rings. The number of carboxylic acids is 1. The summed E-state index contributed by atoms with van der Waals surface area (Å²) in [7, 11) is 0. The maximum absolute atomic E-state index is 11.2. The minimum Gasteiger partial charge on any atom is -0.549 e. The minimum atomic E-state index is -1.09. The number of ether oxygens (including phenoxy) is 1. The largest absolute Gasteiger partial charge is 0.549 e.